The lowest BCUT2D eigenvalue weighted by Gasteiger charge is -2.30. The van der Waals surface area contributed by atoms with Gasteiger partial charge in [0.15, 0.2) is 0 Å². The van der Waals surface area contributed by atoms with E-state index < -0.39 is 114 Å². The number of nitrogens with zero attached hydrogens (tertiary/aromatic N) is 1. The second kappa shape index (κ2) is 20.9. The van der Waals surface area contributed by atoms with E-state index in [1.54, 1.807) is 0 Å². The standard InChI is InChI=1S/C27H45N7O13S/c1-48(47)10-7-16(27(45)46)31-24(42)18(12-21(38)39)33-25(43)19-6-4-9-34(19)26(44)15(5-2-3-8-28)30-23(41)17(11-20(36)37)32-22(40)14(29)13-35/h14-19,35H,2-13,28-29H2,1H3,(H,30,41)(H,31,42)(H,32,40)(H,33,43)(H,36,37)(H,38,39)(H,45,46)/t14-,15-,16-,17-,18-,19-,48?/m0/s1. The van der Waals surface area contributed by atoms with Crippen LogP contribution in [0.4, 0.5) is 0 Å². The van der Waals surface area contributed by atoms with Crippen molar-refractivity contribution in [3.05, 3.63) is 0 Å². The second-order valence-corrected chi connectivity index (χ2v) is 12.7. The Kier molecular flexibility index (Phi) is 18.2. The largest absolute Gasteiger partial charge is 0.481 e. The first-order valence-corrected chi connectivity index (χ1v) is 16.8. The predicted octanol–water partition coefficient (Wildman–Crippen LogP) is -4.83. The average molecular weight is 708 g/mol. The SMILES string of the molecule is CS(=O)CC[C@H](NC(=O)[C@H](CC(=O)O)NC(=O)[C@@H]1CCCN1C(=O)[C@H](CCCCN)NC(=O)[C@H](CC(=O)O)NC(=O)[C@@H](N)CO)C(=O)O. The van der Waals surface area contributed by atoms with Crippen molar-refractivity contribution in [2.24, 2.45) is 11.5 Å². The molecule has 0 aromatic carbocycles. The van der Waals surface area contributed by atoms with E-state index >= 15 is 0 Å². The van der Waals surface area contributed by atoms with Crippen LogP contribution in [0.15, 0.2) is 0 Å². The Balaban J connectivity index is 3.20. The zero-order chi connectivity index (χ0) is 36.6. The maximum absolute atomic E-state index is 13.7. The molecular formula is C27H45N7O13S. The molecule has 0 aliphatic carbocycles. The molecule has 1 heterocycles. The van der Waals surface area contributed by atoms with Gasteiger partial charge in [-0.2, -0.15) is 0 Å². The summed E-state index contributed by atoms with van der Waals surface area (Å²) >= 11 is 0. The van der Waals surface area contributed by atoms with Crippen molar-refractivity contribution in [2.75, 3.05) is 31.7 Å². The summed E-state index contributed by atoms with van der Waals surface area (Å²) in [7, 11) is -1.39. The van der Waals surface area contributed by atoms with E-state index in [0.717, 1.165) is 4.90 Å². The molecule has 5 amide bonds. The van der Waals surface area contributed by atoms with Gasteiger partial charge in [-0.1, -0.05) is 0 Å². The van der Waals surface area contributed by atoms with Crippen LogP contribution in [0.3, 0.4) is 0 Å². The highest BCUT2D eigenvalue weighted by molar-refractivity contribution is 7.84. The van der Waals surface area contributed by atoms with Gasteiger partial charge < -0.3 is 58.1 Å². The van der Waals surface area contributed by atoms with E-state index in [1.165, 1.54) is 6.26 Å². The lowest BCUT2D eigenvalue weighted by molar-refractivity contribution is -0.145. The summed E-state index contributed by atoms with van der Waals surface area (Å²) in [5, 5.41) is 46.1. The van der Waals surface area contributed by atoms with Crippen LogP contribution in [-0.4, -0.2) is 145 Å². The number of carboxylic acids is 3. The summed E-state index contributed by atoms with van der Waals surface area (Å²) in [4.78, 5) is 101. The van der Waals surface area contributed by atoms with Gasteiger partial charge in [-0.15, -0.1) is 0 Å². The highest BCUT2D eigenvalue weighted by Gasteiger charge is 2.40. The minimum atomic E-state index is -1.74. The topological polar surface area (TPSA) is 338 Å². The van der Waals surface area contributed by atoms with Crippen LogP contribution in [0.5, 0.6) is 0 Å². The molecule has 1 aliphatic rings. The molecule has 0 radical (unpaired) electrons. The fourth-order valence-electron chi connectivity index (χ4n) is 4.74. The van der Waals surface area contributed by atoms with E-state index in [4.69, 9.17) is 16.6 Å². The molecule has 20 nitrogen and oxygen atoms in total. The van der Waals surface area contributed by atoms with Crippen molar-refractivity contribution in [2.45, 2.75) is 87.6 Å². The van der Waals surface area contributed by atoms with Gasteiger partial charge in [0.05, 0.1) is 19.4 Å². The summed E-state index contributed by atoms with van der Waals surface area (Å²) in [6, 6.07) is -8.96. The van der Waals surface area contributed by atoms with Crippen molar-refractivity contribution in [3.63, 3.8) is 0 Å². The Labute approximate surface area is 278 Å². The molecule has 1 rings (SSSR count). The fourth-order valence-corrected chi connectivity index (χ4v) is 5.30. The third kappa shape index (κ3) is 14.3. The number of likely N-dealkylation sites (tertiary alicyclic amines) is 1. The van der Waals surface area contributed by atoms with Crippen LogP contribution >= 0.6 is 0 Å². The quantitative estimate of drug-likeness (QED) is 0.0472. The highest BCUT2D eigenvalue weighted by atomic mass is 32.2. The number of nitrogens with two attached hydrogens (primary N) is 2. The molecule has 7 atom stereocenters. The minimum Gasteiger partial charge on any atom is -0.481 e. The lowest BCUT2D eigenvalue weighted by atomic mass is 10.0. The number of carbonyl (C=O) groups is 8. The van der Waals surface area contributed by atoms with Gasteiger partial charge in [0.2, 0.25) is 29.5 Å². The first kappa shape index (κ1) is 41.8. The van der Waals surface area contributed by atoms with Crippen molar-refractivity contribution < 1.29 is 63.0 Å². The first-order chi connectivity index (χ1) is 22.5. The van der Waals surface area contributed by atoms with Crippen LogP contribution in [-0.2, 0) is 49.2 Å². The number of unbranched alkanes of at least 4 members (excludes halogenated alkanes) is 1. The Morgan fingerprint density at radius 2 is 1.35 bits per heavy atom. The zero-order valence-corrected chi connectivity index (χ0v) is 27.2. The Hall–Kier alpha value is -4.21. The molecule has 1 fully saturated rings. The number of rotatable bonds is 22. The summed E-state index contributed by atoms with van der Waals surface area (Å²) in [5.41, 5.74) is 11.0. The molecule has 0 aromatic rings. The van der Waals surface area contributed by atoms with Gasteiger partial charge in [-0.3, -0.25) is 37.8 Å². The molecule has 12 N–H and O–H groups in total. The van der Waals surface area contributed by atoms with E-state index in [9.17, 15) is 57.9 Å². The molecule has 0 spiro atoms. The van der Waals surface area contributed by atoms with Gasteiger partial charge in [0, 0.05) is 29.4 Å². The van der Waals surface area contributed by atoms with Crippen molar-refractivity contribution in [1.82, 2.24) is 26.2 Å². The van der Waals surface area contributed by atoms with E-state index in [2.05, 4.69) is 21.3 Å². The Morgan fingerprint density at radius 3 is 1.85 bits per heavy atom. The number of hydrogen-bond acceptors (Lipinski definition) is 12. The molecule has 1 unspecified atom stereocenters. The number of carboxylic acid groups (broad SMARTS) is 3. The van der Waals surface area contributed by atoms with Gasteiger partial charge >= 0.3 is 17.9 Å². The van der Waals surface area contributed by atoms with Crippen LogP contribution in [0.2, 0.25) is 0 Å². The normalized spacial score (nSPS) is 17.9. The maximum atomic E-state index is 13.7. The number of aliphatic hydroxyl groups is 1. The molecule has 1 aliphatic heterocycles. The monoisotopic (exact) mass is 707 g/mol. The minimum absolute atomic E-state index is 0.000323. The van der Waals surface area contributed by atoms with Crippen LogP contribution < -0.4 is 32.7 Å². The Morgan fingerprint density at radius 1 is 0.812 bits per heavy atom. The van der Waals surface area contributed by atoms with Crippen molar-refractivity contribution in [1.29, 1.82) is 0 Å². The molecule has 21 heteroatoms. The third-order valence-corrected chi connectivity index (χ3v) is 8.08. The van der Waals surface area contributed by atoms with Gasteiger partial charge in [-0.25, -0.2) is 4.79 Å². The second-order valence-electron chi connectivity index (χ2n) is 11.1. The molecule has 0 saturated carbocycles. The van der Waals surface area contributed by atoms with E-state index in [-0.39, 0.29) is 38.1 Å². The van der Waals surface area contributed by atoms with Crippen LogP contribution in [0, 0.1) is 0 Å². The number of hydrogen-bond donors (Lipinski definition) is 10. The molecule has 0 bridgehead atoms. The van der Waals surface area contributed by atoms with Crippen molar-refractivity contribution in [3.8, 4) is 0 Å². The molecule has 1 saturated heterocycles. The summed E-state index contributed by atoms with van der Waals surface area (Å²) in [6.07, 6.45) is 0.415. The van der Waals surface area contributed by atoms with Crippen molar-refractivity contribution >= 4 is 58.2 Å². The number of aliphatic hydroxyl groups excluding tert-OH is 1. The van der Waals surface area contributed by atoms with Gasteiger partial charge in [0.25, 0.3) is 0 Å². The average Bonchev–Trinajstić information content (AvgIpc) is 3.50. The van der Waals surface area contributed by atoms with E-state index in [0.29, 0.717) is 19.3 Å². The predicted molar refractivity (Wildman–Crippen MR) is 166 cm³/mol. The molecule has 48 heavy (non-hydrogen) atoms. The molecular weight excluding hydrogens is 662 g/mol. The maximum Gasteiger partial charge on any atom is 0.326 e. The van der Waals surface area contributed by atoms with Gasteiger partial charge in [0.1, 0.15) is 36.3 Å². The molecule has 272 valence electrons. The highest BCUT2D eigenvalue weighted by Crippen LogP contribution is 2.20. The van der Waals surface area contributed by atoms with E-state index in [1.807, 2.05) is 0 Å². The fraction of sp³-hybridized carbons (Fsp3) is 0.704. The lowest BCUT2D eigenvalue weighted by Crippen LogP contribution is -2.59. The number of nitrogens with one attached hydrogen (secondary N) is 4. The zero-order valence-electron chi connectivity index (χ0n) is 26.4. The third-order valence-electron chi connectivity index (χ3n) is 7.27. The number of amides is 5. The number of carbonyl (C=O) groups excluding carboxylic acids is 5. The smallest absolute Gasteiger partial charge is 0.326 e. The van der Waals surface area contributed by atoms with Gasteiger partial charge in [-0.05, 0) is 45.1 Å². The summed E-state index contributed by atoms with van der Waals surface area (Å²) in [6.45, 7) is -0.528. The summed E-state index contributed by atoms with van der Waals surface area (Å²) < 4.78 is 11.4. The Bertz CT molecular complexity index is 1220. The van der Waals surface area contributed by atoms with Crippen LogP contribution in [0.25, 0.3) is 0 Å². The molecule has 0 aromatic heterocycles. The summed E-state index contributed by atoms with van der Waals surface area (Å²) in [5.74, 6) is -9.40. The van der Waals surface area contributed by atoms with Crippen LogP contribution in [0.1, 0.15) is 51.4 Å². The number of aliphatic carboxylic acids is 3. The first-order valence-electron chi connectivity index (χ1n) is 15.1.